The van der Waals surface area contributed by atoms with Crippen LogP contribution in [0.4, 0.5) is 0 Å². The molecule has 1 aromatic heterocycles. The second-order valence-electron chi connectivity index (χ2n) is 4.30. The first-order chi connectivity index (χ1) is 9.49. The van der Waals surface area contributed by atoms with Crippen molar-refractivity contribution >= 4 is 29.1 Å². The average Bonchev–Trinajstić information content (AvgIpc) is 2.38. The predicted octanol–water partition coefficient (Wildman–Crippen LogP) is 2.51. The Labute approximate surface area is 128 Å². The van der Waals surface area contributed by atoms with Gasteiger partial charge in [-0.05, 0) is 19.1 Å². The summed E-state index contributed by atoms with van der Waals surface area (Å²) < 4.78 is 10.1. The largest absolute Gasteiger partial charge is 0.383 e. The van der Waals surface area contributed by atoms with E-state index in [1.807, 2.05) is 6.92 Å². The fourth-order valence-electron chi connectivity index (χ4n) is 1.80. The number of rotatable bonds is 7. The number of hydrogen-bond donors (Lipinski definition) is 0. The summed E-state index contributed by atoms with van der Waals surface area (Å²) in [5.74, 6) is -0.183. The smallest absolute Gasteiger partial charge is 0.254 e. The van der Waals surface area contributed by atoms with Crippen LogP contribution in [0.25, 0.3) is 0 Å². The van der Waals surface area contributed by atoms with Gasteiger partial charge in [-0.15, -0.1) is 0 Å². The summed E-state index contributed by atoms with van der Waals surface area (Å²) in [6.07, 6.45) is 0. The highest BCUT2D eigenvalue weighted by molar-refractivity contribution is 6.33. The van der Waals surface area contributed by atoms with Crippen molar-refractivity contribution in [2.75, 3.05) is 34.0 Å². The van der Waals surface area contributed by atoms with Crippen LogP contribution in [0.15, 0.2) is 12.1 Å². The van der Waals surface area contributed by atoms with E-state index >= 15 is 0 Å². The van der Waals surface area contributed by atoms with Crippen molar-refractivity contribution in [2.45, 2.75) is 13.0 Å². The van der Waals surface area contributed by atoms with Gasteiger partial charge in [0.1, 0.15) is 10.3 Å². The summed E-state index contributed by atoms with van der Waals surface area (Å²) in [6.45, 7) is 3.23. The maximum absolute atomic E-state index is 12.5. The standard InChI is InChI=1S/C13H18Cl2N2O3/c1-9(8-20-3)17(4-5-19-2)13(18)10-6-11(14)16-12(15)7-10/h6-7,9H,4-5,8H2,1-3H3. The summed E-state index contributed by atoms with van der Waals surface area (Å²) in [7, 11) is 3.18. The minimum absolute atomic E-state index is 0.0895. The number of nitrogens with zero attached hydrogens (tertiary/aromatic N) is 2. The van der Waals surface area contributed by atoms with E-state index in [1.54, 1.807) is 19.1 Å². The number of aromatic nitrogens is 1. The lowest BCUT2D eigenvalue weighted by atomic mass is 10.2. The molecule has 7 heteroatoms. The number of carbonyl (C=O) groups is 1. The molecule has 0 bridgehead atoms. The molecule has 0 aromatic carbocycles. The quantitative estimate of drug-likeness (QED) is 0.724. The lowest BCUT2D eigenvalue weighted by molar-refractivity contribution is 0.0479. The van der Waals surface area contributed by atoms with Crippen molar-refractivity contribution in [2.24, 2.45) is 0 Å². The van der Waals surface area contributed by atoms with Gasteiger partial charge in [0.2, 0.25) is 0 Å². The Morgan fingerprint density at radius 3 is 2.40 bits per heavy atom. The molecule has 1 aromatic rings. The van der Waals surface area contributed by atoms with E-state index in [1.165, 1.54) is 12.1 Å². The highest BCUT2D eigenvalue weighted by Crippen LogP contribution is 2.17. The first kappa shape index (κ1) is 17.2. The minimum atomic E-state index is -0.183. The Hall–Kier alpha value is -0.880. The zero-order valence-electron chi connectivity index (χ0n) is 11.7. The van der Waals surface area contributed by atoms with E-state index in [0.717, 1.165) is 0 Å². The second-order valence-corrected chi connectivity index (χ2v) is 5.07. The molecule has 0 saturated heterocycles. The number of amides is 1. The van der Waals surface area contributed by atoms with Crippen molar-refractivity contribution in [1.29, 1.82) is 0 Å². The molecule has 1 atom stereocenters. The molecule has 0 N–H and O–H groups in total. The maximum atomic E-state index is 12.5. The van der Waals surface area contributed by atoms with Crippen molar-refractivity contribution < 1.29 is 14.3 Å². The molecule has 0 aliphatic heterocycles. The Balaban J connectivity index is 2.96. The van der Waals surface area contributed by atoms with Crippen LogP contribution in [0, 0.1) is 0 Å². The van der Waals surface area contributed by atoms with Crippen LogP contribution in [0.3, 0.4) is 0 Å². The first-order valence-electron chi connectivity index (χ1n) is 6.11. The van der Waals surface area contributed by atoms with Crippen molar-refractivity contribution in [1.82, 2.24) is 9.88 Å². The van der Waals surface area contributed by atoms with Crippen LogP contribution in [0.2, 0.25) is 10.3 Å². The Bertz CT molecular complexity index is 437. The summed E-state index contributed by atoms with van der Waals surface area (Å²) in [5, 5.41) is 0.374. The first-order valence-corrected chi connectivity index (χ1v) is 6.87. The van der Waals surface area contributed by atoms with E-state index < -0.39 is 0 Å². The van der Waals surface area contributed by atoms with Gasteiger partial charge in [0.15, 0.2) is 0 Å². The summed E-state index contributed by atoms with van der Waals surface area (Å²) >= 11 is 11.7. The second kappa shape index (κ2) is 8.42. The van der Waals surface area contributed by atoms with Crippen LogP contribution in [0.1, 0.15) is 17.3 Å². The summed E-state index contributed by atoms with van der Waals surface area (Å²) in [5.41, 5.74) is 0.397. The molecule has 0 saturated carbocycles. The topological polar surface area (TPSA) is 51.7 Å². The van der Waals surface area contributed by atoms with Crippen molar-refractivity contribution in [3.63, 3.8) is 0 Å². The summed E-state index contributed by atoms with van der Waals surface area (Å²) in [4.78, 5) is 18.0. The average molecular weight is 321 g/mol. The van der Waals surface area contributed by atoms with E-state index in [0.29, 0.717) is 25.3 Å². The zero-order valence-corrected chi connectivity index (χ0v) is 13.2. The van der Waals surface area contributed by atoms with Gasteiger partial charge in [-0.25, -0.2) is 4.98 Å². The van der Waals surface area contributed by atoms with Crippen LogP contribution < -0.4 is 0 Å². The number of halogens is 2. The molecule has 0 aliphatic carbocycles. The number of hydrogen-bond acceptors (Lipinski definition) is 4. The molecule has 0 spiro atoms. The number of methoxy groups -OCH3 is 2. The molecular formula is C13H18Cl2N2O3. The molecule has 0 fully saturated rings. The van der Waals surface area contributed by atoms with Crippen LogP contribution >= 0.6 is 23.2 Å². The molecule has 0 radical (unpaired) electrons. The van der Waals surface area contributed by atoms with E-state index in [4.69, 9.17) is 32.7 Å². The zero-order chi connectivity index (χ0) is 15.1. The normalized spacial score (nSPS) is 12.2. The van der Waals surface area contributed by atoms with Crippen LogP contribution in [-0.4, -0.2) is 55.8 Å². The monoisotopic (exact) mass is 320 g/mol. The van der Waals surface area contributed by atoms with E-state index in [9.17, 15) is 4.79 Å². The molecule has 112 valence electrons. The molecular weight excluding hydrogens is 303 g/mol. The SMILES string of the molecule is COCCN(C(=O)c1cc(Cl)nc(Cl)c1)C(C)COC. The Morgan fingerprint density at radius 1 is 1.30 bits per heavy atom. The fraction of sp³-hybridized carbons (Fsp3) is 0.538. The van der Waals surface area contributed by atoms with Crippen LogP contribution in [-0.2, 0) is 9.47 Å². The van der Waals surface area contributed by atoms with Crippen molar-refractivity contribution in [3.8, 4) is 0 Å². The van der Waals surface area contributed by atoms with Gasteiger partial charge < -0.3 is 14.4 Å². The number of carbonyl (C=O) groups excluding carboxylic acids is 1. The van der Waals surface area contributed by atoms with E-state index in [2.05, 4.69) is 4.98 Å². The van der Waals surface area contributed by atoms with Gasteiger partial charge in [-0.2, -0.15) is 0 Å². The molecule has 1 amide bonds. The molecule has 0 aliphatic rings. The fourth-order valence-corrected chi connectivity index (χ4v) is 2.26. The number of pyridine rings is 1. The lowest BCUT2D eigenvalue weighted by Gasteiger charge is -2.28. The third-order valence-corrected chi connectivity index (χ3v) is 3.13. The molecule has 1 unspecified atom stereocenters. The van der Waals surface area contributed by atoms with Crippen molar-refractivity contribution in [3.05, 3.63) is 28.0 Å². The summed E-state index contributed by atoms with van der Waals surface area (Å²) in [6, 6.07) is 2.90. The van der Waals surface area contributed by atoms with E-state index in [-0.39, 0.29) is 22.3 Å². The minimum Gasteiger partial charge on any atom is -0.383 e. The number of ether oxygens (including phenoxy) is 2. The maximum Gasteiger partial charge on any atom is 0.254 e. The third-order valence-electron chi connectivity index (χ3n) is 2.75. The Morgan fingerprint density at radius 2 is 1.90 bits per heavy atom. The predicted molar refractivity (Wildman–Crippen MR) is 78.5 cm³/mol. The Kier molecular flexibility index (Phi) is 7.23. The van der Waals surface area contributed by atoms with Crippen LogP contribution in [0.5, 0.6) is 0 Å². The molecule has 20 heavy (non-hydrogen) atoms. The molecule has 5 nitrogen and oxygen atoms in total. The highest BCUT2D eigenvalue weighted by Gasteiger charge is 2.22. The van der Waals surface area contributed by atoms with Gasteiger partial charge in [0, 0.05) is 26.3 Å². The van der Waals surface area contributed by atoms with Gasteiger partial charge >= 0.3 is 0 Å². The van der Waals surface area contributed by atoms with Gasteiger partial charge in [-0.1, -0.05) is 23.2 Å². The van der Waals surface area contributed by atoms with Gasteiger partial charge in [0.25, 0.3) is 5.91 Å². The third kappa shape index (κ3) is 4.90. The lowest BCUT2D eigenvalue weighted by Crippen LogP contribution is -2.43. The van der Waals surface area contributed by atoms with Gasteiger partial charge in [0.05, 0.1) is 19.3 Å². The highest BCUT2D eigenvalue weighted by atomic mass is 35.5. The molecule has 1 rings (SSSR count). The molecule has 1 heterocycles. The van der Waals surface area contributed by atoms with Gasteiger partial charge in [-0.3, -0.25) is 4.79 Å².